The van der Waals surface area contributed by atoms with Crippen LogP contribution < -0.4 is 15.4 Å². The number of carbonyl (C=O) groups is 3. The second-order valence-electron chi connectivity index (χ2n) is 7.45. The number of amides is 4. The number of ether oxygens (including phenoxy) is 1. The molecule has 2 aliphatic rings. The van der Waals surface area contributed by atoms with Gasteiger partial charge in [-0.1, -0.05) is 11.6 Å². The van der Waals surface area contributed by atoms with Crippen LogP contribution in [0, 0.1) is 5.92 Å². The number of urea groups is 1. The smallest absolute Gasteiger partial charge is 0.328 e. The Balaban J connectivity index is 1.54. The SMILES string of the molecule is COc1ccc(Cl)cc1NC(=O)CN1C(=O)N(Cc2ccco2)C(=O)C2CCCNC21. The van der Waals surface area contributed by atoms with E-state index >= 15 is 0 Å². The summed E-state index contributed by atoms with van der Waals surface area (Å²) < 4.78 is 10.6. The van der Waals surface area contributed by atoms with Gasteiger partial charge < -0.3 is 14.5 Å². The summed E-state index contributed by atoms with van der Waals surface area (Å²) in [5.41, 5.74) is 0.404. The van der Waals surface area contributed by atoms with Gasteiger partial charge >= 0.3 is 6.03 Å². The van der Waals surface area contributed by atoms with Crippen LogP contribution >= 0.6 is 11.6 Å². The topological polar surface area (TPSA) is 104 Å². The molecule has 2 atom stereocenters. The molecule has 3 heterocycles. The maximum Gasteiger partial charge on any atom is 0.328 e. The van der Waals surface area contributed by atoms with Crippen LogP contribution in [-0.2, 0) is 16.1 Å². The van der Waals surface area contributed by atoms with Crippen molar-refractivity contribution in [3.63, 3.8) is 0 Å². The molecular formula is C21H23ClN4O5. The number of fused-ring (bicyclic) bond motifs is 1. The van der Waals surface area contributed by atoms with Crippen LogP contribution in [0.4, 0.5) is 10.5 Å². The summed E-state index contributed by atoms with van der Waals surface area (Å²) in [7, 11) is 1.49. The zero-order chi connectivity index (χ0) is 22.0. The highest BCUT2D eigenvalue weighted by Gasteiger charge is 2.47. The first-order valence-corrected chi connectivity index (χ1v) is 10.4. The molecule has 164 valence electrons. The molecule has 1 aromatic heterocycles. The third-order valence-corrected chi connectivity index (χ3v) is 5.70. The molecule has 2 N–H and O–H groups in total. The van der Waals surface area contributed by atoms with E-state index in [-0.39, 0.29) is 19.0 Å². The lowest BCUT2D eigenvalue weighted by Gasteiger charge is -2.46. The maximum absolute atomic E-state index is 13.2. The number of methoxy groups -OCH3 is 1. The molecule has 1 aromatic carbocycles. The van der Waals surface area contributed by atoms with Gasteiger partial charge in [0, 0.05) is 5.02 Å². The lowest BCUT2D eigenvalue weighted by atomic mass is 9.91. The first-order chi connectivity index (χ1) is 15.0. The number of nitrogens with one attached hydrogen (secondary N) is 2. The molecule has 0 bridgehead atoms. The van der Waals surface area contributed by atoms with Crippen molar-refractivity contribution >= 4 is 35.1 Å². The Morgan fingerprint density at radius 3 is 2.94 bits per heavy atom. The Morgan fingerprint density at radius 1 is 1.35 bits per heavy atom. The summed E-state index contributed by atoms with van der Waals surface area (Å²) >= 11 is 6.03. The van der Waals surface area contributed by atoms with Crippen LogP contribution in [0.3, 0.4) is 0 Å². The monoisotopic (exact) mass is 446 g/mol. The van der Waals surface area contributed by atoms with Crippen molar-refractivity contribution in [1.82, 2.24) is 15.1 Å². The molecule has 4 rings (SSSR count). The number of benzene rings is 1. The average molecular weight is 447 g/mol. The molecule has 10 heteroatoms. The number of furan rings is 1. The normalized spacial score (nSPS) is 21.1. The van der Waals surface area contributed by atoms with E-state index in [9.17, 15) is 14.4 Å². The Bertz CT molecular complexity index is 980. The number of hydrogen-bond donors (Lipinski definition) is 2. The molecule has 2 aromatic rings. The fourth-order valence-corrected chi connectivity index (χ4v) is 4.19. The van der Waals surface area contributed by atoms with Crippen molar-refractivity contribution < 1.29 is 23.5 Å². The zero-order valence-corrected chi connectivity index (χ0v) is 17.7. The summed E-state index contributed by atoms with van der Waals surface area (Å²) in [6, 6.07) is 7.73. The van der Waals surface area contributed by atoms with Crippen molar-refractivity contribution in [3.05, 3.63) is 47.4 Å². The van der Waals surface area contributed by atoms with Gasteiger partial charge in [0.2, 0.25) is 11.8 Å². The van der Waals surface area contributed by atoms with E-state index in [0.29, 0.717) is 35.2 Å². The van der Waals surface area contributed by atoms with Gasteiger partial charge in [-0.15, -0.1) is 0 Å². The molecule has 0 aliphatic carbocycles. The minimum Gasteiger partial charge on any atom is -0.495 e. The Labute approximate surface area is 184 Å². The van der Waals surface area contributed by atoms with E-state index < -0.39 is 24.0 Å². The van der Waals surface area contributed by atoms with Gasteiger partial charge in [0.15, 0.2) is 0 Å². The van der Waals surface area contributed by atoms with Crippen LogP contribution in [0.1, 0.15) is 18.6 Å². The second kappa shape index (κ2) is 8.99. The first-order valence-electron chi connectivity index (χ1n) is 9.99. The van der Waals surface area contributed by atoms with Crippen LogP contribution in [0.2, 0.25) is 5.02 Å². The van der Waals surface area contributed by atoms with Crippen molar-refractivity contribution in [2.24, 2.45) is 5.92 Å². The predicted molar refractivity (Wildman–Crippen MR) is 113 cm³/mol. The minimum absolute atomic E-state index is 0.0219. The van der Waals surface area contributed by atoms with Gasteiger partial charge in [-0.2, -0.15) is 0 Å². The van der Waals surface area contributed by atoms with Crippen molar-refractivity contribution in [2.45, 2.75) is 25.6 Å². The molecule has 2 aliphatic heterocycles. The van der Waals surface area contributed by atoms with Gasteiger partial charge in [0.05, 0.1) is 37.7 Å². The molecular weight excluding hydrogens is 424 g/mol. The van der Waals surface area contributed by atoms with E-state index in [4.69, 9.17) is 20.8 Å². The third-order valence-electron chi connectivity index (χ3n) is 5.47. The number of nitrogens with zero attached hydrogens (tertiary/aromatic N) is 2. The largest absolute Gasteiger partial charge is 0.495 e. The van der Waals surface area contributed by atoms with Crippen LogP contribution in [-0.4, -0.2) is 54.0 Å². The number of anilines is 1. The van der Waals surface area contributed by atoms with Gasteiger partial charge in [0.25, 0.3) is 0 Å². The number of halogens is 1. The molecule has 31 heavy (non-hydrogen) atoms. The van der Waals surface area contributed by atoms with Gasteiger partial charge in [-0.25, -0.2) is 4.79 Å². The van der Waals surface area contributed by atoms with Gasteiger partial charge in [-0.3, -0.25) is 24.7 Å². The summed E-state index contributed by atoms with van der Waals surface area (Å²) in [5.74, 6) is -0.156. The van der Waals surface area contributed by atoms with Gasteiger partial charge in [0.1, 0.15) is 18.1 Å². The summed E-state index contributed by atoms with van der Waals surface area (Å²) in [5, 5.41) is 6.41. The van der Waals surface area contributed by atoms with E-state index in [1.807, 2.05) is 0 Å². The first kappa shape index (κ1) is 21.2. The van der Waals surface area contributed by atoms with Crippen molar-refractivity contribution in [2.75, 3.05) is 25.5 Å². The lowest BCUT2D eigenvalue weighted by molar-refractivity contribution is -0.143. The Kier molecular flexibility index (Phi) is 6.15. The number of imide groups is 1. The Morgan fingerprint density at radius 2 is 2.19 bits per heavy atom. The number of piperidine rings is 1. The molecule has 0 radical (unpaired) electrons. The molecule has 9 nitrogen and oxygen atoms in total. The standard InChI is InChI=1S/C21H23ClN4O5/c1-30-17-7-6-13(22)10-16(17)24-18(27)12-25-19-15(5-2-8-23-19)20(28)26(21(25)29)11-14-4-3-9-31-14/h3-4,6-7,9-10,15,19,23H,2,5,8,11-12H2,1H3,(H,24,27). The highest BCUT2D eigenvalue weighted by atomic mass is 35.5. The fourth-order valence-electron chi connectivity index (χ4n) is 4.02. The molecule has 4 amide bonds. The molecule has 0 saturated carbocycles. The highest BCUT2D eigenvalue weighted by Crippen LogP contribution is 2.30. The fraction of sp³-hybridized carbons (Fsp3) is 0.381. The maximum atomic E-state index is 13.2. The van der Waals surface area contributed by atoms with E-state index in [2.05, 4.69) is 10.6 Å². The lowest BCUT2D eigenvalue weighted by Crippen LogP contribution is -2.68. The zero-order valence-electron chi connectivity index (χ0n) is 17.0. The number of hydrogen-bond acceptors (Lipinski definition) is 6. The number of rotatable bonds is 6. The van der Waals surface area contributed by atoms with Crippen molar-refractivity contribution in [3.8, 4) is 5.75 Å². The highest BCUT2D eigenvalue weighted by molar-refractivity contribution is 6.31. The number of carbonyl (C=O) groups excluding carboxylic acids is 3. The predicted octanol–water partition coefficient (Wildman–Crippen LogP) is 2.67. The molecule has 2 saturated heterocycles. The van der Waals surface area contributed by atoms with Gasteiger partial charge in [-0.05, 0) is 49.7 Å². The molecule has 2 unspecified atom stereocenters. The summed E-state index contributed by atoms with van der Waals surface area (Å²) in [6.07, 6.45) is 2.41. The summed E-state index contributed by atoms with van der Waals surface area (Å²) in [6.45, 7) is 0.457. The van der Waals surface area contributed by atoms with Crippen LogP contribution in [0.5, 0.6) is 5.75 Å². The van der Waals surface area contributed by atoms with Crippen LogP contribution in [0.25, 0.3) is 0 Å². The van der Waals surface area contributed by atoms with E-state index in [0.717, 1.165) is 11.3 Å². The molecule has 2 fully saturated rings. The minimum atomic E-state index is -0.537. The average Bonchev–Trinajstić information content (AvgIpc) is 3.28. The van der Waals surface area contributed by atoms with E-state index in [1.54, 1.807) is 30.3 Å². The third kappa shape index (κ3) is 4.38. The van der Waals surface area contributed by atoms with Crippen LogP contribution in [0.15, 0.2) is 41.0 Å². The van der Waals surface area contributed by atoms with Crippen molar-refractivity contribution in [1.29, 1.82) is 0 Å². The second-order valence-corrected chi connectivity index (χ2v) is 7.89. The quantitative estimate of drug-likeness (QED) is 0.707. The van der Waals surface area contributed by atoms with E-state index in [1.165, 1.54) is 18.3 Å². The molecule has 0 spiro atoms. The summed E-state index contributed by atoms with van der Waals surface area (Å²) in [4.78, 5) is 41.6. The Hall–Kier alpha value is -3.04.